The molecule has 30 heavy (non-hydrogen) atoms. The minimum Gasteiger partial charge on any atom is -0.508 e. The maximum Gasteiger partial charge on any atom is 0.201 e. The van der Waals surface area contributed by atoms with E-state index in [1.54, 1.807) is 24.3 Å². The van der Waals surface area contributed by atoms with Crippen LogP contribution in [0.5, 0.6) is 11.5 Å². The minimum absolute atomic E-state index is 0.104. The summed E-state index contributed by atoms with van der Waals surface area (Å²) in [5.74, 6) is -2.61. The largest absolute Gasteiger partial charge is 0.508 e. The number of allylic oxidation sites excluding steroid dienone is 1. The van der Waals surface area contributed by atoms with Crippen molar-refractivity contribution in [2.45, 2.75) is 25.7 Å². The summed E-state index contributed by atoms with van der Waals surface area (Å²) < 4.78 is 48.0. The molecule has 0 saturated heterocycles. The molecule has 0 spiro atoms. The highest BCUT2D eigenvalue weighted by Crippen LogP contribution is 2.30. The molecule has 0 aliphatic carbocycles. The van der Waals surface area contributed by atoms with Crippen molar-refractivity contribution in [1.29, 1.82) is 0 Å². The number of halogens is 3. The second-order valence-corrected chi connectivity index (χ2v) is 6.99. The van der Waals surface area contributed by atoms with Gasteiger partial charge in [0.15, 0.2) is 11.6 Å². The summed E-state index contributed by atoms with van der Waals surface area (Å²) in [6.07, 6.45) is 4.21. The summed E-state index contributed by atoms with van der Waals surface area (Å²) in [4.78, 5) is 0. The number of aryl methyl sites for hydroxylation is 2. The molecule has 0 unspecified atom stereocenters. The van der Waals surface area contributed by atoms with Gasteiger partial charge in [0.05, 0.1) is 6.61 Å². The topological polar surface area (TPSA) is 29.5 Å². The van der Waals surface area contributed by atoms with Crippen LogP contribution in [0.4, 0.5) is 13.2 Å². The van der Waals surface area contributed by atoms with Crippen LogP contribution in [-0.4, -0.2) is 11.7 Å². The summed E-state index contributed by atoms with van der Waals surface area (Å²) in [7, 11) is 0. The first-order chi connectivity index (χ1) is 14.5. The molecule has 0 bridgehead atoms. The minimum atomic E-state index is -1.00. The van der Waals surface area contributed by atoms with Crippen LogP contribution in [-0.2, 0) is 12.8 Å². The van der Waals surface area contributed by atoms with Gasteiger partial charge in [0.25, 0.3) is 0 Å². The van der Waals surface area contributed by atoms with E-state index >= 15 is 0 Å². The third-order valence-electron chi connectivity index (χ3n) is 4.84. The number of phenols is 1. The second-order valence-electron chi connectivity index (χ2n) is 6.99. The summed E-state index contributed by atoms with van der Waals surface area (Å²) in [5.41, 5.74) is 2.15. The van der Waals surface area contributed by atoms with E-state index < -0.39 is 17.5 Å². The van der Waals surface area contributed by atoms with Gasteiger partial charge < -0.3 is 9.84 Å². The SMILES string of the molecule is C=CCCCOc1ccc(-c2ccc(CCc3ccc(O)cc3F)cc2)c(F)c1F. The van der Waals surface area contributed by atoms with Gasteiger partial charge in [0, 0.05) is 11.6 Å². The predicted octanol–water partition coefficient (Wildman–Crippen LogP) is 6.61. The average Bonchev–Trinajstić information content (AvgIpc) is 2.74. The van der Waals surface area contributed by atoms with E-state index in [0.717, 1.165) is 18.1 Å². The van der Waals surface area contributed by atoms with E-state index in [0.29, 0.717) is 30.4 Å². The molecular formula is C25H23F3O2. The molecule has 3 aromatic rings. The average molecular weight is 412 g/mol. The maximum atomic E-state index is 14.5. The van der Waals surface area contributed by atoms with E-state index in [-0.39, 0.29) is 23.7 Å². The van der Waals surface area contributed by atoms with Crippen molar-refractivity contribution in [3.63, 3.8) is 0 Å². The van der Waals surface area contributed by atoms with Crippen molar-refractivity contribution >= 4 is 0 Å². The number of hydrogen-bond donors (Lipinski definition) is 1. The van der Waals surface area contributed by atoms with Crippen molar-refractivity contribution < 1.29 is 23.0 Å². The number of hydrogen-bond acceptors (Lipinski definition) is 2. The molecule has 5 heteroatoms. The standard InChI is InChI=1S/C25H23F3O2/c1-2-3-4-15-30-23-14-13-21(24(27)25(23)28)18-8-5-17(6-9-18)7-10-19-11-12-20(29)16-22(19)26/h2,5-6,8-9,11-14,16,29H,1,3-4,7,10,15H2. The fourth-order valence-electron chi connectivity index (χ4n) is 3.14. The first-order valence-electron chi connectivity index (χ1n) is 9.78. The Bertz CT molecular complexity index is 1010. The van der Waals surface area contributed by atoms with Crippen molar-refractivity contribution in [2.24, 2.45) is 0 Å². The first kappa shape index (κ1) is 21.5. The van der Waals surface area contributed by atoms with Gasteiger partial charge in [-0.25, -0.2) is 8.78 Å². The monoisotopic (exact) mass is 412 g/mol. The lowest BCUT2D eigenvalue weighted by Gasteiger charge is -2.11. The maximum absolute atomic E-state index is 14.5. The highest BCUT2D eigenvalue weighted by Gasteiger charge is 2.16. The molecule has 0 fully saturated rings. The smallest absolute Gasteiger partial charge is 0.201 e. The fraction of sp³-hybridized carbons (Fsp3) is 0.200. The van der Waals surface area contributed by atoms with Gasteiger partial charge in [0.2, 0.25) is 5.82 Å². The molecule has 0 aliphatic rings. The molecule has 0 aromatic heterocycles. The molecule has 1 N–H and O–H groups in total. The zero-order valence-corrected chi connectivity index (χ0v) is 16.5. The van der Waals surface area contributed by atoms with Crippen molar-refractivity contribution in [3.05, 3.63) is 95.8 Å². The van der Waals surface area contributed by atoms with Crippen LogP contribution >= 0.6 is 0 Å². The van der Waals surface area contributed by atoms with Crippen LogP contribution < -0.4 is 4.74 Å². The van der Waals surface area contributed by atoms with Gasteiger partial charge >= 0.3 is 0 Å². The molecule has 0 aliphatic heterocycles. The van der Waals surface area contributed by atoms with Crippen LogP contribution in [0, 0.1) is 17.5 Å². The molecule has 0 radical (unpaired) electrons. The van der Waals surface area contributed by atoms with Gasteiger partial charge in [-0.3, -0.25) is 0 Å². The molecular weight excluding hydrogens is 389 g/mol. The summed E-state index contributed by atoms with van der Waals surface area (Å²) >= 11 is 0. The zero-order chi connectivity index (χ0) is 21.5. The summed E-state index contributed by atoms with van der Waals surface area (Å²) in [5, 5.41) is 9.28. The highest BCUT2D eigenvalue weighted by atomic mass is 19.2. The number of unbranched alkanes of at least 4 members (excludes halogenated alkanes) is 1. The summed E-state index contributed by atoms with van der Waals surface area (Å²) in [6, 6.07) is 14.1. The quantitative estimate of drug-likeness (QED) is 0.317. The van der Waals surface area contributed by atoms with Crippen LogP contribution in [0.1, 0.15) is 24.0 Å². The Kier molecular flexibility index (Phi) is 7.17. The summed E-state index contributed by atoms with van der Waals surface area (Å²) in [6.45, 7) is 3.90. The Morgan fingerprint density at radius 1 is 0.900 bits per heavy atom. The Labute approximate surface area is 174 Å². The number of rotatable bonds is 9. The Morgan fingerprint density at radius 2 is 1.67 bits per heavy atom. The van der Waals surface area contributed by atoms with E-state index in [1.165, 1.54) is 18.2 Å². The number of benzene rings is 3. The lowest BCUT2D eigenvalue weighted by atomic mass is 9.99. The van der Waals surface area contributed by atoms with Gasteiger partial charge in [-0.2, -0.15) is 4.39 Å². The van der Waals surface area contributed by atoms with E-state index in [4.69, 9.17) is 4.74 Å². The molecule has 3 aromatic carbocycles. The number of phenolic OH excluding ortho intramolecular Hbond substituents is 1. The predicted molar refractivity (Wildman–Crippen MR) is 112 cm³/mol. The van der Waals surface area contributed by atoms with Gasteiger partial charge in [-0.15, -0.1) is 6.58 Å². The lowest BCUT2D eigenvalue weighted by Crippen LogP contribution is -2.01. The fourth-order valence-corrected chi connectivity index (χ4v) is 3.14. The van der Waals surface area contributed by atoms with E-state index in [9.17, 15) is 18.3 Å². The van der Waals surface area contributed by atoms with Gasteiger partial charge in [-0.1, -0.05) is 36.4 Å². The molecule has 3 rings (SSSR count). The van der Waals surface area contributed by atoms with Crippen molar-refractivity contribution in [3.8, 4) is 22.6 Å². The molecule has 0 heterocycles. The van der Waals surface area contributed by atoms with Gasteiger partial charge in [-0.05, 0) is 60.6 Å². The molecule has 156 valence electrons. The second kappa shape index (κ2) is 10.0. The van der Waals surface area contributed by atoms with Crippen LogP contribution in [0.3, 0.4) is 0 Å². The van der Waals surface area contributed by atoms with Crippen molar-refractivity contribution in [2.75, 3.05) is 6.61 Å². The zero-order valence-electron chi connectivity index (χ0n) is 16.5. The number of ether oxygens (including phenoxy) is 1. The Morgan fingerprint density at radius 3 is 2.37 bits per heavy atom. The highest BCUT2D eigenvalue weighted by molar-refractivity contribution is 5.65. The molecule has 0 atom stereocenters. The molecule has 0 amide bonds. The van der Waals surface area contributed by atoms with E-state index in [2.05, 4.69) is 6.58 Å². The van der Waals surface area contributed by atoms with Gasteiger partial charge in [0.1, 0.15) is 11.6 Å². The van der Waals surface area contributed by atoms with E-state index in [1.807, 2.05) is 12.1 Å². The lowest BCUT2D eigenvalue weighted by molar-refractivity contribution is 0.291. The normalized spacial score (nSPS) is 10.8. The number of aromatic hydroxyl groups is 1. The van der Waals surface area contributed by atoms with Crippen LogP contribution in [0.15, 0.2) is 67.3 Å². The van der Waals surface area contributed by atoms with Crippen LogP contribution in [0.25, 0.3) is 11.1 Å². The van der Waals surface area contributed by atoms with Crippen molar-refractivity contribution in [1.82, 2.24) is 0 Å². The third-order valence-corrected chi connectivity index (χ3v) is 4.84. The Balaban J connectivity index is 1.68. The first-order valence-corrected chi connectivity index (χ1v) is 9.78. The molecule has 2 nitrogen and oxygen atoms in total. The third kappa shape index (κ3) is 5.23. The van der Waals surface area contributed by atoms with Crippen LogP contribution in [0.2, 0.25) is 0 Å². The molecule has 0 saturated carbocycles. The Hall–Kier alpha value is -3.21.